The molecule has 6 rings (SSSR count). The van der Waals surface area contributed by atoms with Gasteiger partial charge in [0, 0.05) is 48.5 Å². The highest BCUT2D eigenvalue weighted by molar-refractivity contribution is 6.16. The van der Waals surface area contributed by atoms with Crippen LogP contribution in [0.4, 0.5) is 14.5 Å². The van der Waals surface area contributed by atoms with Gasteiger partial charge in [-0.25, -0.2) is 8.78 Å². The molecule has 0 radical (unpaired) electrons. The summed E-state index contributed by atoms with van der Waals surface area (Å²) in [6.45, 7) is 9.37. The van der Waals surface area contributed by atoms with Crippen LogP contribution in [-0.4, -0.2) is 40.2 Å². The molecule has 0 bridgehead atoms. The number of benzene rings is 2. The summed E-state index contributed by atoms with van der Waals surface area (Å²) in [7, 11) is 0. The molecule has 2 aliphatic rings. The minimum Gasteiger partial charge on any atom is -0.354 e. The Balaban J connectivity index is 1.36. The summed E-state index contributed by atoms with van der Waals surface area (Å²) in [5, 5.41) is 3.59. The number of pyridine rings is 2. The first-order valence-corrected chi connectivity index (χ1v) is 15.1. The van der Waals surface area contributed by atoms with Gasteiger partial charge < -0.3 is 5.32 Å². The van der Waals surface area contributed by atoms with Crippen LogP contribution in [0.5, 0.6) is 0 Å². The first-order valence-electron chi connectivity index (χ1n) is 15.1. The zero-order valence-corrected chi connectivity index (χ0v) is 25.1. The molecule has 43 heavy (non-hydrogen) atoms. The maximum absolute atomic E-state index is 16.6. The lowest BCUT2D eigenvalue weighted by Gasteiger charge is -2.27. The van der Waals surface area contributed by atoms with E-state index in [0.717, 1.165) is 64.4 Å². The molecule has 1 saturated heterocycles. The van der Waals surface area contributed by atoms with Crippen molar-refractivity contribution >= 4 is 11.4 Å². The number of rotatable bonds is 7. The molecule has 1 fully saturated rings. The van der Waals surface area contributed by atoms with Crippen LogP contribution < -0.4 is 5.32 Å². The average Bonchev–Trinajstić information content (AvgIpc) is 3.01. The third-order valence-electron chi connectivity index (χ3n) is 8.38. The molecule has 220 valence electrons. The Labute approximate surface area is 252 Å². The number of hydrogen-bond acceptors (Lipinski definition) is 5. The zero-order valence-electron chi connectivity index (χ0n) is 25.1. The van der Waals surface area contributed by atoms with E-state index in [9.17, 15) is 4.39 Å². The van der Waals surface area contributed by atoms with Gasteiger partial charge in [0.25, 0.3) is 0 Å². The average molecular weight is 578 g/mol. The molecule has 0 aliphatic carbocycles. The summed E-state index contributed by atoms with van der Waals surface area (Å²) in [4.78, 5) is 16.3. The van der Waals surface area contributed by atoms with E-state index in [1.165, 1.54) is 31.4 Å². The van der Waals surface area contributed by atoms with Crippen molar-refractivity contribution in [3.05, 3.63) is 112 Å². The summed E-state index contributed by atoms with van der Waals surface area (Å²) >= 11 is 0. The van der Waals surface area contributed by atoms with E-state index in [-0.39, 0.29) is 11.5 Å². The van der Waals surface area contributed by atoms with E-state index in [0.29, 0.717) is 29.8 Å². The van der Waals surface area contributed by atoms with Gasteiger partial charge in [0.05, 0.1) is 11.4 Å². The fraction of sp³-hybridized carbons (Fsp3) is 0.306. The number of piperidine rings is 1. The number of hydrogen-bond donors (Lipinski definition) is 1. The molecule has 2 aromatic heterocycles. The molecule has 4 aromatic rings. The standard InChI is InChI=1S/C36H37F2N5/c1-4-40-36(34-23(2)17-30-29(9-8-10-31(30)42-34)26-11-13-28(37)14-12-26)32-24(3)19-41-35(33(32)38)27-18-25(20-39-21-27)22-43-15-6-5-7-16-43/h8-14,18-21,42H,4-7,15-17,22H2,1-3H3. The second-order valence-corrected chi connectivity index (χ2v) is 11.5. The number of halogens is 2. The quantitative estimate of drug-likeness (QED) is 0.225. The normalized spacial score (nSPS) is 15.8. The van der Waals surface area contributed by atoms with E-state index >= 15 is 4.39 Å². The number of nitrogens with one attached hydrogen (secondary N) is 1. The smallest absolute Gasteiger partial charge is 0.159 e. The van der Waals surface area contributed by atoms with Crippen LogP contribution in [0.3, 0.4) is 0 Å². The summed E-state index contributed by atoms with van der Waals surface area (Å²) in [5.41, 5.74) is 9.69. The Bertz CT molecular complexity index is 1700. The highest BCUT2D eigenvalue weighted by Crippen LogP contribution is 2.37. The van der Waals surface area contributed by atoms with Gasteiger partial charge in [-0.05, 0) is 111 Å². The Morgan fingerprint density at radius 1 is 0.953 bits per heavy atom. The van der Waals surface area contributed by atoms with Crippen LogP contribution in [-0.2, 0) is 13.0 Å². The van der Waals surface area contributed by atoms with Gasteiger partial charge in [0.2, 0.25) is 0 Å². The topological polar surface area (TPSA) is 53.4 Å². The van der Waals surface area contributed by atoms with Crippen molar-refractivity contribution < 1.29 is 8.78 Å². The largest absolute Gasteiger partial charge is 0.354 e. The number of fused-ring (bicyclic) bond motifs is 1. The zero-order chi connectivity index (χ0) is 29.9. The third-order valence-corrected chi connectivity index (χ3v) is 8.38. The minimum atomic E-state index is -0.392. The molecule has 0 atom stereocenters. The van der Waals surface area contributed by atoms with Crippen LogP contribution in [0.1, 0.15) is 55.4 Å². The monoisotopic (exact) mass is 577 g/mol. The SMILES string of the molecule is CCN=C(C1=C(C)Cc2c(cccc2-c2ccc(F)cc2)N1)c1c(C)cnc(-c2cncc(CN3CCCCC3)c2)c1F. The fourth-order valence-corrected chi connectivity index (χ4v) is 6.24. The molecular weight excluding hydrogens is 540 g/mol. The molecule has 4 heterocycles. The molecule has 0 saturated carbocycles. The second-order valence-electron chi connectivity index (χ2n) is 11.5. The van der Waals surface area contributed by atoms with Gasteiger partial charge in [-0.15, -0.1) is 0 Å². The maximum atomic E-state index is 16.6. The predicted octanol–water partition coefficient (Wildman–Crippen LogP) is 8.13. The predicted molar refractivity (Wildman–Crippen MR) is 170 cm³/mol. The van der Waals surface area contributed by atoms with Crippen LogP contribution >= 0.6 is 0 Å². The van der Waals surface area contributed by atoms with Gasteiger partial charge >= 0.3 is 0 Å². The molecule has 2 aliphatic heterocycles. The molecule has 2 aromatic carbocycles. The Morgan fingerprint density at radius 3 is 2.51 bits per heavy atom. The number of aliphatic imine (C=N–C) groups is 1. The van der Waals surface area contributed by atoms with Crippen molar-refractivity contribution in [2.45, 2.75) is 53.0 Å². The summed E-state index contributed by atoms with van der Waals surface area (Å²) in [5.74, 6) is -0.652. The second kappa shape index (κ2) is 12.6. The van der Waals surface area contributed by atoms with E-state index < -0.39 is 5.82 Å². The van der Waals surface area contributed by atoms with Crippen molar-refractivity contribution in [3.63, 3.8) is 0 Å². The molecule has 5 nitrogen and oxygen atoms in total. The molecule has 7 heteroatoms. The summed E-state index contributed by atoms with van der Waals surface area (Å²) in [6, 6.07) is 14.7. The fourth-order valence-electron chi connectivity index (χ4n) is 6.24. The highest BCUT2D eigenvalue weighted by Gasteiger charge is 2.27. The van der Waals surface area contributed by atoms with Gasteiger partial charge in [0.15, 0.2) is 5.82 Å². The van der Waals surface area contributed by atoms with Crippen molar-refractivity contribution in [2.24, 2.45) is 4.99 Å². The number of allylic oxidation sites excluding steroid dienone is 2. The molecular formula is C36H37F2N5. The third kappa shape index (κ3) is 6.00. The number of anilines is 1. The lowest BCUT2D eigenvalue weighted by atomic mass is 9.88. The van der Waals surface area contributed by atoms with Gasteiger partial charge in [-0.2, -0.15) is 0 Å². The number of nitrogens with zero attached hydrogens (tertiary/aromatic N) is 4. The minimum absolute atomic E-state index is 0.260. The number of aromatic nitrogens is 2. The Hall–Kier alpha value is -4.23. The van der Waals surface area contributed by atoms with Crippen LogP contribution in [0, 0.1) is 18.6 Å². The van der Waals surface area contributed by atoms with Crippen molar-refractivity contribution in [3.8, 4) is 22.4 Å². The van der Waals surface area contributed by atoms with Gasteiger partial charge in [-0.1, -0.05) is 30.7 Å². The van der Waals surface area contributed by atoms with Crippen molar-refractivity contribution in [1.82, 2.24) is 14.9 Å². The molecule has 0 unspecified atom stereocenters. The first-order chi connectivity index (χ1) is 20.9. The first kappa shape index (κ1) is 28.9. The van der Waals surface area contributed by atoms with E-state index in [2.05, 4.69) is 33.2 Å². The molecule has 1 N–H and O–H groups in total. The lowest BCUT2D eigenvalue weighted by Crippen LogP contribution is -2.29. The summed E-state index contributed by atoms with van der Waals surface area (Å²) < 4.78 is 30.2. The summed E-state index contributed by atoms with van der Waals surface area (Å²) in [6.07, 6.45) is 9.66. The lowest BCUT2D eigenvalue weighted by molar-refractivity contribution is 0.220. The molecule has 0 spiro atoms. The van der Waals surface area contributed by atoms with Crippen molar-refractivity contribution in [2.75, 3.05) is 25.0 Å². The van der Waals surface area contributed by atoms with Gasteiger partial charge in [-0.3, -0.25) is 19.9 Å². The van der Waals surface area contributed by atoms with E-state index in [4.69, 9.17) is 4.99 Å². The maximum Gasteiger partial charge on any atom is 0.159 e. The van der Waals surface area contributed by atoms with Crippen LogP contribution in [0.15, 0.2) is 83.4 Å². The van der Waals surface area contributed by atoms with Crippen LogP contribution in [0.2, 0.25) is 0 Å². The Kier molecular flexibility index (Phi) is 8.43. The van der Waals surface area contributed by atoms with E-state index in [1.807, 2.05) is 38.2 Å². The Morgan fingerprint density at radius 2 is 1.74 bits per heavy atom. The van der Waals surface area contributed by atoms with Crippen LogP contribution in [0.25, 0.3) is 22.4 Å². The van der Waals surface area contributed by atoms with Crippen molar-refractivity contribution in [1.29, 1.82) is 0 Å². The number of likely N-dealkylation sites (tertiary alicyclic amines) is 1. The van der Waals surface area contributed by atoms with E-state index in [1.54, 1.807) is 24.5 Å². The van der Waals surface area contributed by atoms with Gasteiger partial charge in [0.1, 0.15) is 11.5 Å². The highest BCUT2D eigenvalue weighted by atomic mass is 19.1. The molecule has 0 amide bonds. The number of aryl methyl sites for hydroxylation is 1.